The van der Waals surface area contributed by atoms with Crippen LogP contribution in [0.3, 0.4) is 0 Å². The Kier molecular flexibility index (Phi) is 6.62. The van der Waals surface area contributed by atoms with Crippen molar-refractivity contribution in [1.82, 2.24) is 8.87 Å². The van der Waals surface area contributed by atoms with E-state index >= 15 is 0 Å². The van der Waals surface area contributed by atoms with Crippen LogP contribution in [0.1, 0.15) is 12.0 Å². The van der Waals surface area contributed by atoms with Crippen molar-refractivity contribution in [2.24, 2.45) is 0 Å². The quantitative estimate of drug-likeness (QED) is 0.407. The zero-order valence-corrected chi connectivity index (χ0v) is 18.9. The van der Waals surface area contributed by atoms with Gasteiger partial charge in [-0.15, -0.1) is 0 Å². The maximum atomic E-state index is 13.2. The van der Waals surface area contributed by atoms with Crippen LogP contribution in [0, 0.1) is 6.92 Å². The minimum absolute atomic E-state index is 0.0585. The highest BCUT2D eigenvalue weighted by Crippen LogP contribution is 2.29. The van der Waals surface area contributed by atoms with Gasteiger partial charge in [0.15, 0.2) is 0 Å². The first kappa shape index (κ1) is 22.5. The van der Waals surface area contributed by atoms with Gasteiger partial charge in [-0.3, -0.25) is 0 Å². The molecule has 0 aliphatic carbocycles. The molecule has 1 atom stereocenters. The lowest BCUT2D eigenvalue weighted by atomic mass is 10.2. The molecule has 0 aliphatic heterocycles. The van der Waals surface area contributed by atoms with Gasteiger partial charge in [-0.05, 0) is 37.6 Å². The molecule has 4 aromatic rings. The molecule has 0 spiro atoms. The Morgan fingerprint density at radius 2 is 1.47 bits per heavy atom. The average Bonchev–Trinajstić information content (AvgIpc) is 3.10. The molecule has 6 nitrogen and oxygen atoms in total. The number of nitrogens with zero attached hydrogens (tertiary/aromatic N) is 2. The van der Waals surface area contributed by atoms with E-state index in [0.29, 0.717) is 6.42 Å². The fourth-order valence-corrected chi connectivity index (χ4v) is 5.64. The number of fused-ring (bicyclic) bond motifs is 3. The van der Waals surface area contributed by atoms with Gasteiger partial charge in [-0.25, -0.2) is 8.42 Å². The maximum Gasteiger partial charge on any atom is 0.243 e. The summed E-state index contributed by atoms with van der Waals surface area (Å²) in [5, 5.41) is 22.4. The number of aryl methyl sites for hydroxylation is 1. The number of aromatic nitrogens is 1. The van der Waals surface area contributed by atoms with Crippen molar-refractivity contribution in [3.8, 4) is 0 Å². The largest absolute Gasteiger partial charge is 0.396 e. The first-order valence-corrected chi connectivity index (χ1v) is 12.2. The molecule has 0 unspecified atom stereocenters. The maximum absolute atomic E-state index is 13.2. The number of benzene rings is 3. The number of hydrogen-bond donors (Lipinski definition) is 2. The molecule has 1 heterocycles. The third-order valence-corrected chi connectivity index (χ3v) is 7.59. The first-order chi connectivity index (χ1) is 15.4. The smallest absolute Gasteiger partial charge is 0.243 e. The van der Waals surface area contributed by atoms with Crippen molar-refractivity contribution in [3.05, 3.63) is 78.4 Å². The third-order valence-electron chi connectivity index (χ3n) is 5.71. The fraction of sp³-hybridized carbons (Fsp3) is 0.280. The highest BCUT2D eigenvalue weighted by molar-refractivity contribution is 7.89. The summed E-state index contributed by atoms with van der Waals surface area (Å²) in [5.74, 6) is 0. The van der Waals surface area contributed by atoms with Crippen LogP contribution in [0.2, 0.25) is 0 Å². The van der Waals surface area contributed by atoms with Gasteiger partial charge < -0.3 is 14.8 Å². The van der Waals surface area contributed by atoms with Crippen LogP contribution in [0.15, 0.2) is 77.7 Å². The highest BCUT2D eigenvalue weighted by Gasteiger charge is 2.27. The van der Waals surface area contributed by atoms with Crippen LogP contribution in [0.5, 0.6) is 0 Å². The van der Waals surface area contributed by atoms with E-state index in [0.717, 1.165) is 27.4 Å². The van der Waals surface area contributed by atoms with Gasteiger partial charge in [0.2, 0.25) is 10.0 Å². The predicted molar refractivity (Wildman–Crippen MR) is 127 cm³/mol. The van der Waals surface area contributed by atoms with Crippen molar-refractivity contribution in [3.63, 3.8) is 0 Å². The van der Waals surface area contributed by atoms with E-state index in [4.69, 9.17) is 0 Å². The third kappa shape index (κ3) is 4.42. The number of aliphatic hydroxyl groups is 2. The standard InChI is InChI=1S/C25H28N2O4S/c1-19-11-13-21(14-12-19)32(30,31)26(15-6-16-28)17-20(29)18-27-24-9-4-2-7-22(24)23-8-3-5-10-25(23)27/h2-5,7-14,20,28-29H,6,15-18H2,1H3/t20-/m1/s1. The second-order valence-electron chi connectivity index (χ2n) is 8.05. The lowest BCUT2D eigenvalue weighted by Gasteiger charge is -2.25. The molecule has 168 valence electrons. The van der Waals surface area contributed by atoms with Crippen LogP contribution in [0.4, 0.5) is 0 Å². The van der Waals surface area contributed by atoms with Crippen LogP contribution < -0.4 is 0 Å². The van der Waals surface area contributed by atoms with Gasteiger partial charge >= 0.3 is 0 Å². The van der Waals surface area contributed by atoms with Gasteiger partial charge in [0.25, 0.3) is 0 Å². The lowest BCUT2D eigenvalue weighted by Crippen LogP contribution is -2.40. The molecule has 2 N–H and O–H groups in total. The lowest BCUT2D eigenvalue weighted by molar-refractivity contribution is 0.127. The summed E-state index contributed by atoms with van der Waals surface area (Å²) in [7, 11) is -3.80. The van der Waals surface area contributed by atoms with Crippen LogP contribution in [-0.4, -0.2) is 53.3 Å². The molecule has 3 aromatic carbocycles. The SMILES string of the molecule is Cc1ccc(S(=O)(=O)N(CCCO)C[C@@H](O)Cn2c3ccccc3c3ccccc32)cc1. The molecule has 0 aliphatic rings. The second-order valence-corrected chi connectivity index (χ2v) is 9.99. The van der Waals surface area contributed by atoms with E-state index in [1.807, 2.05) is 47.9 Å². The summed E-state index contributed by atoms with van der Waals surface area (Å²) in [5.41, 5.74) is 2.96. The zero-order valence-electron chi connectivity index (χ0n) is 18.1. The van der Waals surface area contributed by atoms with Gasteiger partial charge in [0.05, 0.1) is 17.5 Å². The number of hydrogen-bond acceptors (Lipinski definition) is 4. The van der Waals surface area contributed by atoms with Gasteiger partial charge in [-0.1, -0.05) is 54.1 Å². The fourth-order valence-electron chi connectivity index (χ4n) is 4.12. The minimum Gasteiger partial charge on any atom is -0.396 e. The number of para-hydroxylation sites is 2. The summed E-state index contributed by atoms with van der Waals surface area (Å²) >= 11 is 0. The Bertz CT molecular complexity index is 1260. The van der Waals surface area contributed by atoms with Crippen molar-refractivity contribution < 1.29 is 18.6 Å². The minimum atomic E-state index is -3.80. The molecule has 0 radical (unpaired) electrons. The molecule has 0 saturated heterocycles. The summed E-state index contributed by atoms with van der Waals surface area (Å²) in [4.78, 5) is 0.185. The van der Waals surface area contributed by atoms with Crippen molar-refractivity contribution in [2.75, 3.05) is 19.7 Å². The van der Waals surface area contributed by atoms with E-state index in [9.17, 15) is 18.6 Å². The van der Waals surface area contributed by atoms with Crippen molar-refractivity contribution in [1.29, 1.82) is 0 Å². The topological polar surface area (TPSA) is 82.8 Å². The molecule has 0 fully saturated rings. The molecule has 0 saturated carbocycles. The average molecular weight is 453 g/mol. The van der Waals surface area contributed by atoms with E-state index in [1.165, 1.54) is 4.31 Å². The molecular formula is C25H28N2O4S. The summed E-state index contributed by atoms with van der Waals surface area (Å²) in [6.07, 6.45) is -0.624. The summed E-state index contributed by atoms with van der Waals surface area (Å²) in [6, 6.07) is 22.7. The van der Waals surface area contributed by atoms with E-state index in [2.05, 4.69) is 12.1 Å². The van der Waals surface area contributed by atoms with Gasteiger partial charge in [-0.2, -0.15) is 4.31 Å². The Hall–Kier alpha value is -2.71. The second kappa shape index (κ2) is 9.42. The van der Waals surface area contributed by atoms with Crippen molar-refractivity contribution in [2.45, 2.75) is 30.9 Å². The molecule has 4 rings (SSSR count). The van der Waals surface area contributed by atoms with Gasteiger partial charge in [0, 0.05) is 41.5 Å². The number of aliphatic hydroxyl groups excluding tert-OH is 2. The molecule has 32 heavy (non-hydrogen) atoms. The van der Waals surface area contributed by atoms with Gasteiger partial charge in [0.1, 0.15) is 0 Å². The van der Waals surface area contributed by atoms with Crippen LogP contribution in [-0.2, 0) is 16.6 Å². The van der Waals surface area contributed by atoms with E-state index in [1.54, 1.807) is 24.3 Å². The molecular weight excluding hydrogens is 424 g/mol. The van der Waals surface area contributed by atoms with E-state index in [-0.39, 0.29) is 31.1 Å². The summed E-state index contributed by atoms with van der Waals surface area (Å²) in [6.45, 7) is 2.11. The first-order valence-electron chi connectivity index (χ1n) is 10.7. The molecule has 0 bridgehead atoms. The normalized spacial score (nSPS) is 13.2. The van der Waals surface area contributed by atoms with Crippen molar-refractivity contribution >= 4 is 31.8 Å². The highest BCUT2D eigenvalue weighted by atomic mass is 32.2. The molecule has 0 amide bonds. The Labute approximate surface area is 188 Å². The van der Waals surface area contributed by atoms with E-state index < -0.39 is 16.1 Å². The molecule has 1 aromatic heterocycles. The van der Waals surface area contributed by atoms with Crippen LogP contribution >= 0.6 is 0 Å². The Morgan fingerprint density at radius 1 is 0.906 bits per heavy atom. The monoisotopic (exact) mass is 452 g/mol. The Morgan fingerprint density at radius 3 is 2.03 bits per heavy atom. The Balaban J connectivity index is 1.63. The molecule has 7 heteroatoms. The summed E-state index contributed by atoms with van der Waals surface area (Å²) < 4.78 is 29.8. The number of sulfonamides is 1. The zero-order chi connectivity index (χ0) is 22.7. The number of rotatable bonds is 9. The van der Waals surface area contributed by atoms with Crippen LogP contribution in [0.25, 0.3) is 21.8 Å². The predicted octanol–water partition coefficient (Wildman–Crippen LogP) is 3.54.